The first-order chi connectivity index (χ1) is 10.5. The topological polar surface area (TPSA) is 95.7 Å². The molecule has 3 N–H and O–H groups in total. The van der Waals surface area contributed by atoms with E-state index in [9.17, 15) is 14.4 Å². The molecule has 1 unspecified atom stereocenters. The van der Waals surface area contributed by atoms with Crippen LogP contribution in [-0.4, -0.2) is 59.4 Å². The number of hydrogen-bond donors (Lipinski definition) is 2. The molecule has 0 spiro atoms. The Kier molecular flexibility index (Phi) is 5.20. The fourth-order valence-corrected chi connectivity index (χ4v) is 3.45. The number of rotatable bonds is 4. The summed E-state index contributed by atoms with van der Waals surface area (Å²) in [5.41, 5.74) is 4.83. The van der Waals surface area contributed by atoms with Gasteiger partial charge in [0.1, 0.15) is 12.1 Å². The van der Waals surface area contributed by atoms with E-state index in [4.69, 9.17) is 5.73 Å². The largest absolute Gasteiger partial charge is 0.341 e. The summed E-state index contributed by atoms with van der Waals surface area (Å²) in [6.07, 6.45) is 3.69. The number of amides is 4. The molecule has 0 aromatic heterocycles. The molecule has 2 aliphatic heterocycles. The van der Waals surface area contributed by atoms with Gasteiger partial charge < -0.3 is 16.0 Å². The molecule has 7 nitrogen and oxygen atoms in total. The van der Waals surface area contributed by atoms with Crippen molar-refractivity contribution in [1.29, 1.82) is 0 Å². The summed E-state index contributed by atoms with van der Waals surface area (Å²) < 4.78 is 0. The molecule has 130 valence electrons. The van der Waals surface area contributed by atoms with E-state index in [-0.39, 0.29) is 36.7 Å². The average Bonchev–Trinajstić information content (AvgIpc) is 3.33. The maximum Gasteiger partial charge on any atom is 0.325 e. The van der Waals surface area contributed by atoms with E-state index in [0.29, 0.717) is 25.6 Å². The van der Waals surface area contributed by atoms with Crippen LogP contribution >= 0.6 is 12.4 Å². The Morgan fingerprint density at radius 1 is 1.26 bits per heavy atom. The summed E-state index contributed by atoms with van der Waals surface area (Å²) in [5.74, 6) is 0.271. The molecule has 1 aliphatic carbocycles. The summed E-state index contributed by atoms with van der Waals surface area (Å²) in [6.45, 7) is 3.58. The average molecular weight is 345 g/mol. The van der Waals surface area contributed by atoms with Crippen LogP contribution in [0.1, 0.15) is 32.6 Å². The first-order valence-corrected chi connectivity index (χ1v) is 8.07. The van der Waals surface area contributed by atoms with Gasteiger partial charge in [0, 0.05) is 13.1 Å². The summed E-state index contributed by atoms with van der Waals surface area (Å²) in [7, 11) is 0. The van der Waals surface area contributed by atoms with Gasteiger partial charge in [0.15, 0.2) is 0 Å². The molecule has 4 amide bonds. The molecule has 1 saturated carbocycles. The minimum absolute atomic E-state index is 0. The maximum atomic E-state index is 12.5. The van der Waals surface area contributed by atoms with Crippen molar-refractivity contribution >= 4 is 30.3 Å². The highest BCUT2D eigenvalue weighted by molar-refractivity contribution is 6.09. The van der Waals surface area contributed by atoms with E-state index >= 15 is 0 Å². The minimum Gasteiger partial charge on any atom is -0.341 e. The molecule has 2 heterocycles. The van der Waals surface area contributed by atoms with Gasteiger partial charge in [0.25, 0.3) is 5.91 Å². The Hall–Kier alpha value is -1.34. The SMILES string of the molecule is CC1(C2CC2)NC(=O)N(CC(=O)N2CCC(CN)CC2)C1=O.Cl. The van der Waals surface area contributed by atoms with Crippen molar-refractivity contribution in [3.8, 4) is 0 Å². The lowest BCUT2D eigenvalue weighted by Crippen LogP contribution is -2.48. The summed E-state index contributed by atoms with van der Waals surface area (Å²) >= 11 is 0. The van der Waals surface area contributed by atoms with Crippen molar-refractivity contribution in [2.24, 2.45) is 17.6 Å². The lowest BCUT2D eigenvalue weighted by atomic mass is 9.96. The van der Waals surface area contributed by atoms with Crippen molar-refractivity contribution in [1.82, 2.24) is 15.1 Å². The second kappa shape index (κ2) is 6.65. The highest BCUT2D eigenvalue weighted by Crippen LogP contribution is 2.42. The second-order valence-electron chi connectivity index (χ2n) is 6.86. The van der Waals surface area contributed by atoms with Crippen LogP contribution in [0.25, 0.3) is 0 Å². The Labute approximate surface area is 142 Å². The summed E-state index contributed by atoms with van der Waals surface area (Å²) in [5, 5.41) is 2.77. The van der Waals surface area contributed by atoms with Crippen LogP contribution in [-0.2, 0) is 9.59 Å². The van der Waals surface area contributed by atoms with Crippen LogP contribution in [0.2, 0.25) is 0 Å². The first-order valence-electron chi connectivity index (χ1n) is 8.07. The molecule has 0 radical (unpaired) electrons. The number of nitrogens with one attached hydrogen (secondary N) is 1. The van der Waals surface area contributed by atoms with Gasteiger partial charge in [-0.3, -0.25) is 14.5 Å². The monoisotopic (exact) mass is 344 g/mol. The molecular weight excluding hydrogens is 320 g/mol. The number of imide groups is 1. The number of carbonyl (C=O) groups excluding carboxylic acids is 3. The third kappa shape index (κ3) is 3.30. The number of nitrogens with zero attached hydrogens (tertiary/aromatic N) is 2. The van der Waals surface area contributed by atoms with Crippen molar-refractivity contribution in [3.05, 3.63) is 0 Å². The zero-order valence-electron chi connectivity index (χ0n) is 13.4. The molecule has 3 rings (SSSR count). The highest BCUT2D eigenvalue weighted by Gasteiger charge is 2.56. The predicted molar refractivity (Wildman–Crippen MR) is 87.0 cm³/mol. The number of likely N-dealkylation sites (tertiary alicyclic amines) is 1. The number of nitrogens with two attached hydrogens (primary N) is 1. The van der Waals surface area contributed by atoms with E-state index in [2.05, 4.69) is 5.32 Å². The van der Waals surface area contributed by atoms with Crippen molar-refractivity contribution in [3.63, 3.8) is 0 Å². The number of urea groups is 1. The molecule has 8 heteroatoms. The molecule has 3 fully saturated rings. The number of carbonyl (C=O) groups is 3. The van der Waals surface area contributed by atoms with E-state index in [1.807, 2.05) is 0 Å². The van der Waals surface area contributed by atoms with Gasteiger partial charge in [-0.05, 0) is 51.0 Å². The maximum absolute atomic E-state index is 12.5. The van der Waals surface area contributed by atoms with Crippen LogP contribution in [0, 0.1) is 11.8 Å². The third-order valence-electron chi connectivity index (χ3n) is 5.29. The van der Waals surface area contributed by atoms with Crippen molar-refractivity contribution < 1.29 is 14.4 Å². The lowest BCUT2D eigenvalue weighted by molar-refractivity contribution is -0.139. The number of piperidine rings is 1. The smallest absolute Gasteiger partial charge is 0.325 e. The fraction of sp³-hybridized carbons (Fsp3) is 0.800. The van der Waals surface area contributed by atoms with E-state index < -0.39 is 11.6 Å². The standard InChI is InChI=1S/C15H24N4O3.ClH/c1-15(11-2-3-11)13(21)19(14(22)17-15)9-12(20)18-6-4-10(8-16)5-7-18;/h10-11H,2-9,16H2,1H3,(H,17,22);1H. The van der Waals surface area contributed by atoms with Crippen LogP contribution in [0.3, 0.4) is 0 Å². The van der Waals surface area contributed by atoms with Gasteiger partial charge in [-0.1, -0.05) is 0 Å². The molecule has 0 bridgehead atoms. The molecule has 0 aromatic rings. The lowest BCUT2D eigenvalue weighted by Gasteiger charge is -2.32. The highest BCUT2D eigenvalue weighted by atomic mass is 35.5. The zero-order chi connectivity index (χ0) is 15.9. The third-order valence-corrected chi connectivity index (χ3v) is 5.29. The van der Waals surface area contributed by atoms with Gasteiger partial charge in [-0.2, -0.15) is 0 Å². The van der Waals surface area contributed by atoms with Gasteiger partial charge in [-0.15, -0.1) is 12.4 Å². The number of halogens is 1. The quantitative estimate of drug-likeness (QED) is 0.718. The van der Waals surface area contributed by atoms with E-state index in [0.717, 1.165) is 30.6 Å². The van der Waals surface area contributed by atoms with Crippen molar-refractivity contribution in [2.75, 3.05) is 26.2 Å². The van der Waals surface area contributed by atoms with Gasteiger partial charge in [0.05, 0.1) is 0 Å². The number of hydrogen-bond acceptors (Lipinski definition) is 4. The van der Waals surface area contributed by atoms with Gasteiger partial charge in [-0.25, -0.2) is 4.79 Å². The summed E-state index contributed by atoms with van der Waals surface area (Å²) in [4.78, 5) is 39.7. The van der Waals surface area contributed by atoms with Gasteiger partial charge >= 0.3 is 6.03 Å². The second-order valence-corrected chi connectivity index (χ2v) is 6.86. The minimum atomic E-state index is -0.816. The Balaban J connectivity index is 0.00000192. The summed E-state index contributed by atoms with van der Waals surface area (Å²) in [6, 6.07) is -0.440. The normalized spacial score (nSPS) is 28.6. The van der Waals surface area contributed by atoms with Gasteiger partial charge in [0.2, 0.25) is 5.91 Å². The molecule has 23 heavy (non-hydrogen) atoms. The first kappa shape index (κ1) is 18.0. The molecule has 2 saturated heterocycles. The van der Waals surface area contributed by atoms with Crippen LogP contribution in [0.4, 0.5) is 4.79 Å². The molecule has 1 atom stereocenters. The van der Waals surface area contributed by atoms with Crippen LogP contribution < -0.4 is 11.1 Å². The Morgan fingerprint density at radius 2 is 1.87 bits per heavy atom. The van der Waals surface area contributed by atoms with Crippen LogP contribution in [0.5, 0.6) is 0 Å². The molecule has 0 aromatic carbocycles. The fourth-order valence-electron chi connectivity index (χ4n) is 3.45. The Morgan fingerprint density at radius 3 is 2.39 bits per heavy atom. The molecular formula is C15H25ClN4O3. The molecule has 3 aliphatic rings. The zero-order valence-corrected chi connectivity index (χ0v) is 14.2. The predicted octanol–water partition coefficient (Wildman–Crippen LogP) is 0.326. The Bertz CT molecular complexity index is 503. The van der Waals surface area contributed by atoms with E-state index in [1.165, 1.54) is 0 Å². The van der Waals surface area contributed by atoms with Crippen LogP contribution in [0.15, 0.2) is 0 Å². The van der Waals surface area contributed by atoms with E-state index in [1.54, 1.807) is 11.8 Å². The van der Waals surface area contributed by atoms with Crippen molar-refractivity contribution in [2.45, 2.75) is 38.1 Å².